The van der Waals surface area contributed by atoms with Crippen LogP contribution in [0.2, 0.25) is 0 Å². The number of carbonyl (C=O) groups excluding carboxylic acids is 1. The second-order valence-electron chi connectivity index (χ2n) is 5.45. The van der Waals surface area contributed by atoms with Crippen molar-refractivity contribution in [3.63, 3.8) is 0 Å². The normalized spacial score (nSPS) is 23.7. The molecule has 98 valence electrons. The van der Waals surface area contributed by atoms with Crippen LogP contribution in [0.3, 0.4) is 0 Å². The monoisotopic (exact) mass is 247 g/mol. The maximum atomic E-state index is 12.1. The number of anilines is 1. The summed E-state index contributed by atoms with van der Waals surface area (Å²) in [6.07, 6.45) is 4.23. The maximum absolute atomic E-state index is 12.1. The van der Waals surface area contributed by atoms with Crippen LogP contribution < -0.4 is 5.32 Å². The van der Waals surface area contributed by atoms with E-state index in [0.717, 1.165) is 37.2 Å². The highest BCUT2D eigenvalue weighted by Crippen LogP contribution is 2.29. The largest absolute Gasteiger partial charge is 0.508 e. The minimum absolute atomic E-state index is 0.0881. The average Bonchev–Trinajstić information content (AvgIpc) is 2.34. The quantitative estimate of drug-likeness (QED) is 0.840. The SMILES string of the molecule is Cc1ccc(NC(=O)C2CCC(C)CC2)cc1O. The van der Waals surface area contributed by atoms with Gasteiger partial charge in [0, 0.05) is 17.7 Å². The van der Waals surface area contributed by atoms with Crippen molar-refractivity contribution in [3.8, 4) is 5.75 Å². The first-order chi connectivity index (χ1) is 8.56. The molecule has 0 aliphatic heterocycles. The maximum Gasteiger partial charge on any atom is 0.227 e. The van der Waals surface area contributed by atoms with Gasteiger partial charge in [-0.1, -0.05) is 13.0 Å². The summed E-state index contributed by atoms with van der Waals surface area (Å²) in [4.78, 5) is 12.1. The molecule has 0 radical (unpaired) electrons. The van der Waals surface area contributed by atoms with Crippen LogP contribution >= 0.6 is 0 Å². The zero-order valence-corrected chi connectivity index (χ0v) is 11.1. The molecular formula is C15H21NO2. The summed E-state index contributed by atoms with van der Waals surface area (Å²) >= 11 is 0. The number of hydrogen-bond acceptors (Lipinski definition) is 2. The third-order valence-electron chi connectivity index (χ3n) is 3.86. The van der Waals surface area contributed by atoms with E-state index in [1.54, 1.807) is 6.07 Å². The number of phenolic OH excluding ortho intramolecular Hbond substituents is 1. The van der Waals surface area contributed by atoms with Crippen molar-refractivity contribution in [2.45, 2.75) is 39.5 Å². The minimum Gasteiger partial charge on any atom is -0.508 e. The number of rotatable bonds is 2. The van der Waals surface area contributed by atoms with E-state index in [1.165, 1.54) is 0 Å². The van der Waals surface area contributed by atoms with Crippen LogP contribution in [0.4, 0.5) is 5.69 Å². The van der Waals surface area contributed by atoms with Crippen molar-refractivity contribution < 1.29 is 9.90 Å². The first-order valence-electron chi connectivity index (χ1n) is 6.66. The molecule has 3 heteroatoms. The van der Waals surface area contributed by atoms with Gasteiger partial charge >= 0.3 is 0 Å². The number of amides is 1. The molecule has 1 aromatic rings. The summed E-state index contributed by atoms with van der Waals surface area (Å²) in [5.74, 6) is 1.19. The minimum atomic E-state index is 0.0881. The van der Waals surface area contributed by atoms with E-state index in [1.807, 2.05) is 19.1 Å². The van der Waals surface area contributed by atoms with E-state index in [0.29, 0.717) is 5.69 Å². The van der Waals surface area contributed by atoms with E-state index in [2.05, 4.69) is 12.2 Å². The standard InChI is InChI=1S/C15H21NO2/c1-10-3-6-12(7-4-10)15(18)16-13-8-5-11(2)14(17)9-13/h5,8-10,12,17H,3-4,6-7H2,1-2H3,(H,16,18). The van der Waals surface area contributed by atoms with Crippen molar-refractivity contribution in [3.05, 3.63) is 23.8 Å². The molecule has 1 fully saturated rings. The van der Waals surface area contributed by atoms with Gasteiger partial charge in [0.25, 0.3) is 0 Å². The molecule has 0 saturated heterocycles. The van der Waals surface area contributed by atoms with Gasteiger partial charge < -0.3 is 10.4 Å². The molecule has 18 heavy (non-hydrogen) atoms. The number of carbonyl (C=O) groups is 1. The van der Waals surface area contributed by atoms with Crippen LogP contribution in [0.1, 0.15) is 38.2 Å². The second-order valence-corrected chi connectivity index (χ2v) is 5.45. The molecule has 0 bridgehead atoms. The summed E-state index contributed by atoms with van der Waals surface area (Å²) in [5, 5.41) is 12.5. The number of hydrogen-bond donors (Lipinski definition) is 2. The van der Waals surface area contributed by atoms with Crippen molar-refractivity contribution in [2.75, 3.05) is 5.32 Å². The van der Waals surface area contributed by atoms with Gasteiger partial charge in [-0.05, 0) is 50.2 Å². The molecule has 1 amide bonds. The molecule has 1 aliphatic carbocycles. The van der Waals surface area contributed by atoms with Gasteiger partial charge in [-0.25, -0.2) is 0 Å². The van der Waals surface area contributed by atoms with Crippen LogP contribution in [-0.4, -0.2) is 11.0 Å². The first-order valence-corrected chi connectivity index (χ1v) is 6.66. The fourth-order valence-corrected chi connectivity index (χ4v) is 2.45. The Morgan fingerprint density at radius 2 is 1.94 bits per heavy atom. The summed E-state index contributed by atoms with van der Waals surface area (Å²) in [6.45, 7) is 4.08. The number of aryl methyl sites for hydroxylation is 1. The van der Waals surface area contributed by atoms with E-state index in [-0.39, 0.29) is 17.6 Å². The van der Waals surface area contributed by atoms with Crippen LogP contribution in [-0.2, 0) is 4.79 Å². The highest BCUT2D eigenvalue weighted by Gasteiger charge is 2.24. The third kappa shape index (κ3) is 3.03. The molecule has 0 unspecified atom stereocenters. The van der Waals surface area contributed by atoms with Gasteiger partial charge in [-0.2, -0.15) is 0 Å². The van der Waals surface area contributed by atoms with Crippen LogP contribution in [0.25, 0.3) is 0 Å². The molecular weight excluding hydrogens is 226 g/mol. The Labute approximate surface area is 108 Å². The average molecular weight is 247 g/mol. The van der Waals surface area contributed by atoms with Gasteiger partial charge in [0.2, 0.25) is 5.91 Å². The molecule has 1 aliphatic rings. The van der Waals surface area contributed by atoms with E-state index in [9.17, 15) is 9.90 Å². The van der Waals surface area contributed by atoms with Crippen molar-refractivity contribution >= 4 is 11.6 Å². The number of nitrogens with one attached hydrogen (secondary N) is 1. The Morgan fingerprint density at radius 3 is 2.56 bits per heavy atom. The zero-order valence-electron chi connectivity index (χ0n) is 11.1. The molecule has 0 aromatic heterocycles. The van der Waals surface area contributed by atoms with Crippen LogP contribution in [0.15, 0.2) is 18.2 Å². The fraction of sp³-hybridized carbons (Fsp3) is 0.533. The topological polar surface area (TPSA) is 49.3 Å². The Hall–Kier alpha value is -1.51. The van der Waals surface area contributed by atoms with E-state index >= 15 is 0 Å². The molecule has 0 atom stereocenters. The van der Waals surface area contributed by atoms with E-state index < -0.39 is 0 Å². The third-order valence-corrected chi connectivity index (χ3v) is 3.86. The van der Waals surface area contributed by atoms with Crippen molar-refractivity contribution in [1.29, 1.82) is 0 Å². The Kier molecular flexibility index (Phi) is 3.90. The zero-order chi connectivity index (χ0) is 13.1. The van der Waals surface area contributed by atoms with Crippen LogP contribution in [0.5, 0.6) is 5.75 Å². The molecule has 3 nitrogen and oxygen atoms in total. The lowest BCUT2D eigenvalue weighted by molar-refractivity contribution is -0.121. The molecule has 0 spiro atoms. The predicted molar refractivity (Wildman–Crippen MR) is 72.6 cm³/mol. The predicted octanol–water partition coefficient (Wildman–Crippen LogP) is 3.47. The van der Waals surface area contributed by atoms with Gasteiger partial charge in [-0.3, -0.25) is 4.79 Å². The summed E-state index contributed by atoms with van der Waals surface area (Å²) in [7, 11) is 0. The first kappa shape index (κ1) is 12.9. The highest BCUT2D eigenvalue weighted by molar-refractivity contribution is 5.92. The lowest BCUT2D eigenvalue weighted by atomic mass is 9.82. The highest BCUT2D eigenvalue weighted by atomic mass is 16.3. The van der Waals surface area contributed by atoms with Crippen molar-refractivity contribution in [2.24, 2.45) is 11.8 Å². The number of phenols is 1. The van der Waals surface area contributed by atoms with Gasteiger partial charge in [0.05, 0.1) is 0 Å². The molecule has 2 rings (SSSR count). The summed E-state index contributed by atoms with van der Waals surface area (Å²) < 4.78 is 0. The molecule has 2 N–H and O–H groups in total. The number of aromatic hydroxyl groups is 1. The van der Waals surface area contributed by atoms with E-state index in [4.69, 9.17) is 0 Å². The smallest absolute Gasteiger partial charge is 0.227 e. The Morgan fingerprint density at radius 1 is 1.28 bits per heavy atom. The Bertz CT molecular complexity index is 434. The molecule has 1 aromatic carbocycles. The van der Waals surface area contributed by atoms with Gasteiger partial charge in [0.15, 0.2) is 0 Å². The Balaban J connectivity index is 1.96. The molecule has 1 saturated carbocycles. The van der Waals surface area contributed by atoms with Crippen molar-refractivity contribution in [1.82, 2.24) is 0 Å². The van der Waals surface area contributed by atoms with Crippen LogP contribution in [0, 0.1) is 18.8 Å². The molecule has 0 heterocycles. The number of benzene rings is 1. The lowest BCUT2D eigenvalue weighted by Gasteiger charge is -2.25. The second kappa shape index (κ2) is 5.42. The lowest BCUT2D eigenvalue weighted by Crippen LogP contribution is -2.26. The summed E-state index contributed by atoms with van der Waals surface area (Å²) in [6, 6.07) is 5.25. The fourth-order valence-electron chi connectivity index (χ4n) is 2.45. The van der Waals surface area contributed by atoms with Gasteiger partial charge in [0.1, 0.15) is 5.75 Å². The summed E-state index contributed by atoms with van der Waals surface area (Å²) in [5.41, 5.74) is 1.50. The van der Waals surface area contributed by atoms with Gasteiger partial charge in [-0.15, -0.1) is 0 Å².